The van der Waals surface area contributed by atoms with Crippen molar-refractivity contribution in [2.24, 2.45) is 0 Å². The molecule has 2 aromatic rings. The molecular weight excluding hydrogens is 322 g/mol. The summed E-state index contributed by atoms with van der Waals surface area (Å²) in [4.78, 5) is 23.2. The van der Waals surface area contributed by atoms with Crippen molar-refractivity contribution >= 4 is 11.9 Å². The molecule has 0 spiro atoms. The lowest BCUT2D eigenvalue weighted by Gasteiger charge is -2.19. The van der Waals surface area contributed by atoms with Crippen LogP contribution in [0.1, 0.15) is 12.5 Å². The zero-order valence-electron chi connectivity index (χ0n) is 13.8. The average molecular weight is 343 g/mol. The summed E-state index contributed by atoms with van der Waals surface area (Å²) in [7, 11) is 0. The molecule has 3 amide bonds. The summed E-state index contributed by atoms with van der Waals surface area (Å²) >= 11 is 0. The average Bonchev–Trinajstić information content (AvgIpc) is 2.64. The minimum atomic E-state index is -1.24. The number of hydrogen-bond acceptors (Lipinski definition) is 4. The molecule has 2 aromatic carbocycles. The van der Waals surface area contributed by atoms with E-state index in [1.807, 2.05) is 54.6 Å². The van der Waals surface area contributed by atoms with Crippen LogP contribution in [-0.2, 0) is 11.3 Å². The Bertz CT molecular complexity index is 702. The van der Waals surface area contributed by atoms with Gasteiger partial charge < -0.3 is 15.7 Å². The van der Waals surface area contributed by atoms with Gasteiger partial charge in [-0.15, -0.1) is 0 Å². The van der Waals surface area contributed by atoms with Crippen LogP contribution in [0.5, 0.6) is 0 Å². The molecule has 2 atom stereocenters. The van der Waals surface area contributed by atoms with Crippen molar-refractivity contribution in [1.82, 2.24) is 16.1 Å². The van der Waals surface area contributed by atoms with Gasteiger partial charge in [0.2, 0.25) is 0 Å². The van der Waals surface area contributed by atoms with Crippen LogP contribution < -0.4 is 16.1 Å². The lowest BCUT2D eigenvalue weighted by atomic mass is 10.0. The first kappa shape index (κ1) is 18.4. The molecule has 0 heterocycles. The molecule has 0 aliphatic rings. The molecule has 0 aromatic heterocycles. The second-order valence-corrected chi connectivity index (χ2v) is 5.58. The Hall–Kier alpha value is -2.90. The fraction of sp³-hybridized carbons (Fsp3) is 0.222. The van der Waals surface area contributed by atoms with Gasteiger partial charge in [-0.05, 0) is 23.6 Å². The van der Waals surface area contributed by atoms with E-state index in [2.05, 4.69) is 10.6 Å². The number of hydroxylamine groups is 1. The van der Waals surface area contributed by atoms with Crippen molar-refractivity contribution in [3.63, 3.8) is 0 Å². The maximum Gasteiger partial charge on any atom is 0.315 e. The number of carbonyl (C=O) groups is 2. The first-order valence-corrected chi connectivity index (χ1v) is 7.82. The molecule has 0 fully saturated rings. The van der Waals surface area contributed by atoms with Crippen LogP contribution in [0.4, 0.5) is 4.79 Å². The lowest BCUT2D eigenvalue weighted by Crippen LogP contribution is -2.54. The van der Waals surface area contributed by atoms with Crippen LogP contribution >= 0.6 is 0 Å². The van der Waals surface area contributed by atoms with Crippen molar-refractivity contribution in [1.29, 1.82) is 0 Å². The van der Waals surface area contributed by atoms with Gasteiger partial charge in [-0.25, -0.2) is 10.3 Å². The highest BCUT2D eigenvalue weighted by Gasteiger charge is 2.25. The molecule has 0 saturated heterocycles. The van der Waals surface area contributed by atoms with Crippen LogP contribution in [0.3, 0.4) is 0 Å². The van der Waals surface area contributed by atoms with Crippen molar-refractivity contribution < 1.29 is 19.9 Å². The third-order valence-electron chi connectivity index (χ3n) is 3.68. The monoisotopic (exact) mass is 343 g/mol. The van der Waals surface area contributed by atoms with E-state index in [1.54, 1.807) is 0 Å². The number of rotatable bonds is 6. The van der Waals surface area contributed by atoms with Crippen LogP contribution in [0.25, 0.3) is 11.1 Å². The van der Waals surface area contributed by atoms with Crippen molar-refractivity contribution in [2.75, 3.05) is 0 Å². The topological polar surface area (TPSA) is 111 Å². The Morgan fingerprint density at radius 1 is 1.00 bits per heavy atom. The summed E-state index contributed by atoms with van der Waals surface area (Å²) in [5.74, 6) is -0.891. The highest BCUT2D eigenvalue weighted by Crippen LogP contribution is 2.19. The summed E-state index contributed by atoms with van der Waals surface area (Å²) in [5.41, 5.74) is 4.47. The molecule has 25 heavy (non-hydrogen) atoms. The molecule has 0 aliphatic heterocycles. The van der Waals surface area contributed by atoms with Gasteiger partial charge in [-0.1, -0.05) is 54.6 Å². The fourth-order valence-corrected chi connectivity index (χ4v) is 2.30. The Morgan fingerprint density at radius 2 is 1.60 bits per heavy atom. The predicted octanol–water partition coefficient (Wildman–Crippen LogP) is 1.41. The van der Waals surface area contributed by atoms with E-state index < -0.39 is 24.1 Å². The number of nitrogens with one attached hydrogen (secondary N) is 3. The van der Waals surface area contributed by atoms with Gasteiger partial charge in [0.1, 0.15) is 6.04 Å². The molecule has 7 nitrogen and oxygen atoms in total. The third kappa shape index (κ3) is 5.30. The van der Waals surface area contributed by atoms with Crippen molar-refractivity contribution in [2.45, 2.75) is 25.6 Å². The van der Waals surface area contributed by atoms with E-state index in [0.29, 0.717) is 0 Å². The summed E-state index contributed by atoms with van der Waals surface area (Å²) < 4.78 is 0. The summed E-state index contributed by atoms with van der Waals surface area (Å²) in [6.45, 7) is 1.59. The van der Waals surface area contributed by atoms with Gasteiger partial charge >= 0.3 is 6.03 Å². The SMILES string of the molecule is C[C@@H](O)[C@H](NC(=O)NCc1ccc(-c2ccccc2)cc1)C(=O)NO. The van der Waals surface area contributed by atoms with Crippen molar-refractivity contribution in [3.8, 4) is 11.1 Å². The van der Waals surface area contributed by atoms with Gasteiger partial charge in [0, 0.05) is 6.54 Å². The van der Waals surface area contributed by atoms with Crippen LogP contribution in [0.15, 0.2) is 54.6 Å². The van der Waals surface area contributed by atoms with E-state index in [0.717, 1.165) is 16.7 Å². The molecule has 2 rings (SSSR count). The summed E-state index contributed by atoms with van der Waals surface area (Å²) in [6, 6.07) is 15.8. The standard InChI is InChI=1S/C18H21N3O4/c1-12(22)16(17(23)21-25)20-18(24)19-11-13-7-9-15(10-8-13)14-5-3-2-4-6-14/h2-10,12,16,22,25H,11H2,1H3,(H,21,23)(H2,19,20,24)/t12-,16+/m1/s1. The molecule has 132 valence electrons. The first-order chi connectivity index (χ1) is 12.0. The third-order valence-corrected chi connectivity index (χ3v) is 3.68. The van der Waals surface area contributed by atoms with Crippen molar-refractivity contribution in [3.05, 3.63) is 60.2 Å². The van der Waals surface area contributed by atoms with Crippen LogP contribution in [0.2, 0.25) is 0 Å². The second kappa shape index (κ2) is 8.81. The molecule has 7 heteroatoms. The van der Waals surface area contributed by atoms with Gasteiger partial charge in [0.05, 0.1) is 6.10 Å². The first-order valence-electron chi connectivity index (χ1n) is 7.82. The molecular formula is C18H21N3O4. The van der Waals surface area contributed by atoms with E-state index in [9.17, 15) is 14.7 Å². The maximum atomic E-state index is 11.8. The number of hydrogen-bond donors (Lipinski definition) is 5. The largest absolute Gasteiger partial charge is 0.391 e. The Kier molecular flexibility index (Phi) is 6.50. The number of carbonyl (C=O) groups excluding carboxylic acids is 2. The molecule has 0 unspecified atom stereocenters. The zero-order valence-corrected chi connectivity index (χ0v) is 13.8. The zero-order chi connectivity index (χ0) is 18.2. The molecule has 5 N–H and O–H groups in total. The van der Waals surface area contributed by atoms with E-state index in [4.69, 9.17) is 5.21 Å². The number of aliphatic hydroxyl groups excluding tert-OH is 1. The smallest absolute Gasteiger partial charge is 0.315 e. The van der Waals surface area contributed by atoms with Gasteiger partial charge in [0.15, 0.2) is 0 Å². The number of amides is 3. The number of benzene rings is 2. The van der Waals surface area contributed by atoms with E-state index >= 15 is 0 Å². The summed E-state index contributed by atoms with van der Waals surface area (Å²) in [5, 5.41) is 23.0. The Balaban J connectivity index is 1.90. The lowest BCUT2D eigenvalue weighted by molar-refractivity contribution is -0.133. The Morgan fingerprint density at radius 3 is 2.16 bits per heavy atom. The Labute approximate surface area is 145 Å². The van der Waals surface area contributed by atoms with Gasteiger partial charge in [-0.3, -0.25) is 10.0 Å². The molecule has 0 aliphatic carbocycles. The normalized spacial score (nSPS) is 12.8. The van der Waals surface area contributed by atoms with Crippen LogP contribution in [-0.4, -0.2) is 34.4 Å². The highest BCUT2D eigenvalue weighted by atomic mass is 16.5. The van der Waals surface area contributed by atoms with E-state index in [1.165, 1.54) is 12.4 Å². The number of urea groups is 1. The summed E-state index contributed by atoms with van der Waals surface area (Å²) in [6.07, 6.45) is -1.15. The molecule has 0 bridgehead atoms. The molecule has 0 radical (unpaired) electrons. The fourth-order valence-electron chi connectivity index (χ4n) is 2.30. The molecule has 0 saturated carbocycles. The van der Waals surface area contributed by atoms with Gasteiger partial charge in [-0.2, -0.15) is 0 Å². The minimum Gasteiger partial charge on any atom is -0.391 e. The second-order valence-electron chi connectivity index (χ2n) is 5.58. The van der Waals surface area contributed by atoms with E-state index in [-0.39, 0.29) is 6.54 Å². The quantitative estimate of drug-likeness (QED) is 0.403. The highest BCUT2D eigenvalue weighted by molar-refractivity contribution is 5.86. The predicted molar refractivity (Wildman–Crippen MR) is 92.6 cm³/mol. The van der Waals surface area contributed by atoms with Crippen LogP contribution in [0, 0.1) is 0 Å². The maximum absolute atomic E-state index is 11.8. The number of aliphatic hydroxyl groups is 1. The van der Waals surface area contributed by atoms with Gasteiger partial charge in [0.25, 0.3) is 5.91 Å². The minimum absolute atomic E-state index is 0.258.